The second-order valence-electron chi connectivity index (χ2n) is 3.24. The van der Waals surface area contributed by atoms with Crippen molar-refractivity contribution in [1.82, 2.24) is 15.2 Å². The lowest BCUT2D eigenvalue weighted by molar-refractivity contribution is 0.596. The van der Waals surface area contributed by atoms with E-state index in [1.807, 2.05) is 0 Å². The highest BCUT2D eigenvalue weighted by atomic mass is 32.2. The highest BCUT2D eigenvalue weighted by Gasteiger charge is 2.11. The maximum absolute atomic E-state index is 13.6. The van der Waals surface area contributed by atoms with E-state index in [2.05, 4.69) is 15.2 Å². The number of aryl methyl sites for hydroxylation is 1. The Morgan fingerprint density at radius 2 is 2.31 bits per heavy atom. The van der Waals surface area contributed by atoms with Crippen molar-refractivity contribution < 1.29 is 4.39 Å². The molecule has 2 rings (SSSR count). The van der Waals surface area contributed by atoms with Gasteiger partial charge in [-0.25, -0.2) is 9.37 Å². The average Bonchev–Trinajstić information content (AvgIpc) is 2.67. The van der Waals surface area contributed by atoms with Crippen LogP contribution in [0.25, 0.3) is 0 Å². The van der Waals surface area contributed by atoms with E-state index >= 15 is 0 Å². The molecule has 1 heterocycles. The van der Waals surface area contributed by atoms with Crippen molar-refractivity contribution in [2.75, 3.05) is 0 Å². The molecule has 0 aliphatic carbocycles. The summed E-state index contributed by atoms with van der Waals surface area (Å²) in [6.07, 6.45) is 0. The number of aromatic nitrogens is 3. The summed E-state index contributed by atoms with van der Waals surface area (Å²) in [4.78, 5) is 4.60. The van der Waals surface area contributed by atoms with E-state index < -0.39 is 0 Å². The van der Waals surface area contributed by atoms with E-state index in [9.17, 15) is 4.39 Å². The van der Waals surface area contributed by atoms with E-state index in [0.717, 1.165) is 5.56 Å². The maximum Gasteiger partial charge on any atom is 0.213 e. The number of nitrogens with one attached hydrogen (secondary N) is 1. The van der Waals surface area contributed by atoms with Gasteiger partial charge in [0.2, 0.25) is 5.16 Å². The van der Waals surface area contributed by atoms with Crippen LogP contribution in [0, 0.1) is 12.7 Å². The number of benzene rings is 1. The largest absolute Gasteiger partial charge is 0.326 e. The quantitative estimate of drug-likeness (QED) is 0.856. The highest BCUT2D eigenvalue weighted by molar-refractivity contribution is 7.99. The second kappa shape index (κ2) is 4.63. The van der Waals surface area contributed by atoms with Crippen molar-refractivity contribution in [2.45, 2.75) is 23.5 Å². The molecule has 0 radical (unpaired) electrons. The first kappa shape index (κ1) is 11.1. The fourth-order valence-corrected chi connectivity index (χ4v) is 2.19. The lowest BCUT2D eigenvalue weighted by Gasteiger charge is -2.05. The average molecular weight is 238 g/mol. The van der Waals surface area contributed by atoms with Gasteiger partial charge in [0.1, 0.15) is 11.6 Å². The van der Waals surface area contributed by atoms with E-state index in [1.54, 1.807) is 19.1 Å². The van der Waals surface area contributed by atoms with Crippen molar-refractivity contribution in [3.05, 3.63) is 35.4 Å². The van der Waals surface area contributed by atoms with Crippen molar-refractivity contribution in [3.8, 4) is 0 Å². The van der Waals surface area contributed by atoms with Gasteiger partial charge in [0.05, 0.1) is 4.90 Å². The Morgan fingerprint density at radius 1 is 1.50 bits per heavy atom. The number of hydrogen-bond donors (Lipinski definition) is 2. The van der Waals surface area contributed by atoms with E-state index in [0.29, 0.717) is 22.4 Å². The molecule has 84 valence electrons. The smallest absolute Gasteiger partial charge is 0.213 e. The van der Waals surface area contributed by atoms with Gasteiger partial charge in [0.25, 0.3) is 0 Å². The van der Waals surface area contributed by atoms with E-state index in [1.165, 1.54) is 17.8 Å². The molecule has 0 fully saturated rings. The van der Waals surface area contributed by atoms with Gasteiger partial charge in [0, 0.05) is 6.54 Å². The lowest BCUT2D eigenvalue weighted by Crippen LogP contribution is -2.00. The Balaban J connectivity index is 2.33. The van der Waals surface area contributed by atoms with Crippen molar-refractivity contribution in [3.63, 3.8) is 0 Å². The summed E-state index contributed by atoms with van der Waals surface area (Å²) in [6, 6.07) is 4.84. The van der Waals surface area contributed by atoms with Gasteiger partial charge in [-0.2, -0.15) is 0 Å². The molecule has 3 N–H and O–H groups in total. The summed E-state index contributed by atoms with van der Waals surface area (Å²) in [5.74, 6) is 0.406. The SMILES string of the molecule is Cc1nc(Sc2c(F)cccc2CN)n[nH]1. The summed E-state index contributed by atoms with van der Waals surface area (Å²) in [5, 5.41) is 7.15. The minimum atomic E-state index is -0.296. The van der Waals surface area contributed by atoms with Gasteiger partial charge in [-0.1, -0.05) is 12.1 Å². The summed E-state index contributed by atoms with van der Waals surface area (Å²) in [6.45, 7) is 2.09. The molecule has 0 atom stereocenters. The fourth-order valence-electron chi connectivity index (χ4n) is 1.29. The first-order valence-electron chi connectivity index (χ1n) is 4.75. The molecule has 16 heavy (non-hydrogen) atoms. The third-order valence-corrected chi connectivity index (χ3v) is 3.06. The van der Waals surface area contributed by atoms with E-state index in [-0.39, 0.29) is 5.82 Å². The van der Waals surface area contributed by atoms with Gasteiger partial charge in [0.15, 0.2) is 0 Å². The van der Waals surface area contributed by atoms with Crippen LogP contribution in [0.4, 0.5) is 4.39 Å². The molecule has 1 aromatic heterocycles. The van der Waals surface area contributed by atoms with Crippen LogP contribution in [-0.2, 0) is 6.54 Å². The molecule has 0 saturated heterocycles. The molecule has 0 amide bonds. The van der Waals surface area contributed by atoms with Crippen LogP contribution < -0.4 is 5.73 Å². The zero-order chi connectivity index (χ0) is 11.5. The molecule has 1 aromatic carbocycles. The Morgan fingerprint density at radius 3 is 2.94 bits per heavy atom. The monoisotopic (exact) mass is 238 g/mol. The molecule has 6 heteroatoms. The minimum absolute atomic E-state index is 0.295. The molecule has 0 saturated carbocycles. The van der Waals surface area contributed by atoms with Gasteiger partial charge < -0.3 is 5.73 Å². The van der Waals surface area contributed by atoms with E-state index in [4.69, 9.17) is 5.73 Å². The van der Waals surface area contributed by atoms with Gasteiger partial charge in [-0.05, 0) is 30.3 Å². The van der Waals surface area contributed by atoms with Crippen LogP contribution in [0.2, 0.25) is 0 Å². The van der Waals surface area contributed by atoms with Gasteiger partial charge >= 0.3 is 0 Å². The van der Waals surface area contributed by atoms with Crippen molar-refractivity contribution >= 4 is 11.8 Å². The molecular formula is C10H11FN4S. The molecule has 2 aromatic rings. The number of rotatable bonds is 3. The molecule has 0 aliphatic heterocycles. The number of H-pyrrole nitrogens is 1. The maximum atomic E-state index is 13.6. The van der Waals surface area contributed by atoms with Crippen molar-refractivity contribution in [2.24, 2.45) is 5.73 Å². The zero-order valence-electron chi connectivity index (χ0n) is 8.70. The lowest BCUT2D eigenvalue weighted by atomic mass is 10.2. The first-order valence-corrected chi connectivity index (χ1v) is 5.56. The van der Waals surface area contributed by atoms with Crippen LogP contribution in [0.15, 0.2) is 28.3 Å². The third-order valence-electron chi connectivity index (χ3n) is 2.04. The van der Waals surface area contributed by atoms with Crippen LogP contribution in [0.1, 0.15) is 11.4 Å². The number of nitrogens with zero attached hydrogens (tertiary/aromatic N) is 2. The van der Waals surface area contributed by atoms with Crippen LogP contribution in [-0.4, -0.2) is 15.2 Å². The van der Waals surface area contributed by atoms with Crippen LogP contribution in [0.5, 0.6) is 0 Å². The number of nitrogens with two attached hydrogens (primary N) is 1. The Labute approximate surface area is 96.5 Å². The summed E-state index contributed by atoms with van der Waals surface area (Å²) >= 11 is 1.18. The standard InChI is InChI=1S/C10H11FN4S/c1-6-13-10(15-14-6)16-9-7(5-12)3-2-4-8(9)11/h2-4H,5,12H2,1H3,(H,13,14,15). The molecule has 0 aliphatic rings. The summed E-state index contributed by atoms with van der Waals surface area (Å²) in [5.41, 5.74) is 6.31. The summed E-state index contributed by atoms with van der Waals surface area (Å²) < 4.78 is 13.6. The zero-order valence-corrected chi connectivity index (χ0v) is 9.51. The van der Waals surface area contributed by atoms with Gasteiger partial charge in [-0.3, -0.25) is 5.10 Å². The second-order valence-corrected chi connectivity index (χ2v) is 4.22. The topological polar surface area (TPSA) is 67.6 Å². The highest BCUT2D eigenvalue weighted by Crippen LogP contribution is 2.30. The molecule has 4 nitrogen and oxygen atoms in total. The minimum Gasteiger partial charge on any atom is -0.326 e. The number of aromatic amines is 1. The van der Waals surface area contributed by atoms with Crippen LogP contribution >= 0.6 is 11.8 Å². The Kier molecular flexibility index (Phi) is 3.21. The molecule has 0 bridgehead atoms. The summed E-state index contributed by atoms with van der Waals surface area (Å²) in [7, 11) is 0. The Bertz CT molecular complexity index is 497. The van der Waals surface area contributed by atoms with Gasteiger partial charge in [-0.15, -0.1) is 5.10 Å². The molecular weight excluding hydrogens is 227 g/mol. The third kappa shape index (κ3) is 2.23. The fraction of sp³-hybridized carbons (Fsp3) is 0.200. The molecule has 0 unspecified atom stereocenters. The Hall–Kier alpha value is -1.40. The molecule has 0 spiro atoms. The van der Waals surface area contributed by atoms with Crippen LogP contribution in [0.3, 0.4) is 0 Å². The number of halogens is 1. The first-order chi connectivity index (χ1) is 7.70. The number of hydrogen-bond acceptors (Lipinski definition) is 4. The van der Waals surface area contributed by atoms with Crippen molar-refractivity contribution in [1.29, 1.82) is 0 Å². The predicted molar refractivity (Wildman–Crippen MR) is 59.5 cm³/mol. The predicted octanol–water partition coefficient (Wildman–Crippen LogP) is 1.86. The normalized spacial score (nSPS) is 10.7.